The summed E-state index contributed by atoms with van der Waals surface area (Å²) in [4.78, 5) is 12.4. The maximum atomic E-state index is 12.8. The van der Waals surface area contributed by atoms with Crippen LogP contribution in [0.5, 0.6) is 0 Å². The topological polar surface area (TPSA) is 60.9 Å². The van der Waals surface area contributed by atoms with Crippen LogP contribution in [-0.2, 0) is 12.7 Å². The summed E-state index contributed by atoms with van der Waals surface area (Å²) < 4.78 is 44.5. The molecule has 1 aromatic carbocycles. The highest BCUT2D eigenvalue weighted by Gasteiger charge is 2.30. The Morgan fingerprint density at radius 2 is 1.96 bits per heavy atom. The van der Waals surface area contributed by atoms with E-state index in [4.69, 9.17) is 4.52 Å². The fraction of sp³-hybridized carbons (Fsp3) is 0.267. The molecule has 0 radical (unpaired) electrons. The van der Waals surface area contributed by atoms with E-state index in [1.165, 1.54) is 12.1 Å². The summed E-state index contributed by atoms with van der Waals surface area (Å²) in [6.07, 6.45) is -4.43. The molecule has 3 aromatic rings. The van der Waals surface area contributed by atoms with Gasteiger partial charge in [-0.05, 0) is 31.5 Å². The van der Waals surface area contributed by atoms with E-state index in [9.17, 15) is 18.0 Å². The van der Waals surface area contributed by atoms with Crippen molar-refractivity contribution in [2.24, 2.45) is 0 Å². The number of alkyl halides is 3. The van der Waals surface area contributed by atoms with Gasteiger partial charge >= 0.3 is 6.18 Å². The lowest BCUT2D eigenvalue weighted by atomic mass is 10.1. The molecule has 2 heterocycles. The number of halogens is 3. The average Bonchev–Trinajstić information content (AvgIpc) is 2.87. The molecular formula is C15H12F3N3O2. The minimum atomic E-state index is -4.43. The fourth-order valence-corrected chi connectivity index (χ4v) is 2.40. The van der Waals surface area contributed by atoms with Crippen LogP contribution in [0.15, 0.2) is 33.6 Å². The third-order valence-electron chi connectivity index (χ3n) is 3.50. The lowest BCUT2D eigenvalue weighted by Gasteiger charge is -2.10. The van der Waals surface area contributed by atoms with Gasteiger partial charge in [0.2, 0.25) is 0 Å². The molecule has 0 N–H and O–H groups in total. The van der Waals surface area contributed by atoms with E-state index in [0.29, 0.717) is 27.9 Å². The minimum Gasteiger partial charge on any atom is -0.354 e. The highest BCUT2D eigenvalue weighted by atomic mass is 19.4. The first-order valence-corrected chi connectivity index (χ1v) is 6.77. The average molecular weight is 323 g/mol. The van der Waals surface area contributed by atoms with Crippen LogP contribution in [0.25, 0.3) is 11.0 Å². The molecule has 0 atom stereocenters. The van der Waals surface area contributed by atoms with Crippen molar-refractivity contribution >= 4 is 11.0 Å². The summed E-state index contributed by atoms with van der Waals surface area (Å²) in [6, 6.07) is 4.81. The van der Waals surface area contributed by atoms with Gasteiger partial charge in [0.05, 0.1) is 17.8 Å². The van der Waals surface area contributed by atoms with Crippen LogP contribution in [0.1, 0.15) is 22.5 Å². The standard InChI is InChI=1S/C15H12F3N3O2/c1-8-12-13(23-20-8)9(2)19-21(14(12)22)7-10-4-3-5-11(6-10)15(16,17)18/h3-6H,7H2,1-2H3. The second kappa shape index (κ2) is 5.22. The molecule has 0 saturated carbocycles. The summed E-state index contributed by atoms with van der Waals surface area (Å²) in [5.74, 6) is 0. The Labute approximate surface area is 128 Å². The molecule has 3 rings (SSSR count). The monoisotopic (exact) mass is 323 g/mol. The van der Waals surface area contributed by atoms with Gasteiger partial charge < -0.3 is 4.52 Å². The molecule has 0 unspecified atom stereocenters. The van der Waals surface area contributed by atoms with Gasteiger partial charge in [-0.1, -0.05) is 17.3 Å². The molecule has 0 aliphatic heterocycles. The number of aromatic nitrogens is 3. The first kappa shape index (κ1) is 15.3. The van der Waals surface area contributed by atoms with Crippen molar-refractivity contribution in [3.8, 4) is 0 Å². The van der Waals surface area contributed by atoms with Crippen molar-refractivity contribution in [1.29, 1.82) is 0 Å². The lowest BCUT2D eigenvalue weighted by molar-refractivity contribution is -0.137. The van der Waals surface area contributed by atoms with Gasteiger partial charge in [0.15, 0.2) is 5.58 Å². The van der Waals surface area contributed by atoms with E-state index < -0.39 is 17.3 Å². The smallest absolute Gasteiger partial charge is 0.354 e. The molecule has 0 aliphatic rings. The molecule has 5 nitrogen and oxygen atoms in total. The number of aryl methyl sites for hydroxylation is 2. The summed E-state index contributed by atoms with van der Waals surface area (Å²) in [5, 5.41) is 8.12. The van der Waals surface area contributed by atoms with Gasteiger partial charge in [-0.2, -0.15) is 18.3 Å². The summed E-state index contributed by atoms with van der Waals surface area (Å²) in [6.45, 7) is 3.21. The van der Waals surface area contributed by atoms with Gasteiger partial charge in [-0.25, -0.2) is 4.68 Å². The van der Waals surface area contributed by atoms with Crippen molar-refractivity contribution in [2.75, 3.05) is 0 Å². The molecule has 8 heteroatoms. The van der Waals surface area contributed by atoms with E-state index in [-0.39, 0.29) is 6.54 Å². The van der Waals surface area contributed by atoms with Gasteiger partial charge in [0, 0.05) is 0 Å². The molecule has 120 valence electrons. The van der Waals surface area contributed by atoms with Crippen molar-refractivity contribution < 1.29 is 17.7 Å². The van der Waals surface area contributed by atoms with Crippen LogP contribution in [0.3, 0.4) is 0 Å². The van der Waals surface area contributed by atoms with Crippen molar-refractivity contribution in [3.05, 3.63) is 57.1 Å². The third kappa shape index (κ3) is 2.71. The number of nitrogens with zero attached hydrogens (tertiary/aromatic N) is 3. The quantitative estimate of drug-likeness (QED) is 0.727. The molecule has 0 bridgehead atoms. The summed E-state index contributed by atoms with van der Waals surface area (Å²) >= 11 is 0. The predicted molar refractivity (Wildman–Crippen MR) is 76.1 cm³/mol. The number of fused-ring (bicyclic) bond motifs is 1. The van der Waals surface area contributed by atoms with E-state index in [2.05, 4.69) is 10.3 Å². The van der Waals surface area contributed by atoms with Crippen molar-refractivity contribution in [2.45, 2.75) is 26.6 Å². The van der Waals surface area contributed by atoms with E-state index >= 15 is 0 Å². The van der Waals surface area contributed by atoms with E-state index in [0.717, 1.165) is 16.8 Å². The minimum absolute atomic E-state index is 0.0653. The second-order valence-electron chi connectivity index (χ2n) is 5.22. The Hall–Kier alpha value is -2.64. The van der Waals surface area contributed by atoms with Crippen LogP contribution < -0.4 is 5.56 Å². The van der Waals surface area contributed by atoms with Crippen LogP contribution in [0.2, 0.25) is 0 Å². The van der Waals surface area contributed by atoms with Gasteiger partial charge in [-0.15, -0.1) is 0 Å². The Bertz CT molecular complexity index is 941. The SMILES string of the molecule is Cc1nn(Cc2cccc(C(F)(F)F)c2)c(=O)c2c(C)noc12. The molecule has 0 fully saturated rings. The van der Waals surface area contributed by atoms with E-state index in [1.807, 2.05) is 0 Å². The maximum Gasteiger partial charge on any atom is 0.416 e. The Morgan fingerprint density at radius 3 is 2.65 bits per heavy atom. The third-order valence-corrected chi connectivity index (χ3v) is 3.50. The Balaban J connectivity index is 2.07. The zero-order valence-electron chi connectivity index (χ0n) is 12.3. The molecule has 2 aromatic heterocycles. The van der Waals surface area contributed by atoms with Crippen molar-refractivity contribution in [1.82, 2.24) is 14.9 Å². The van der Waals surface area contributed by atoms with Crippen molar-refractivity contribution in [3.63, 3.8) is 0 Å². The highest BCUT2D eigenvalue weighted by Crippen LogP contribution is 2.29. The molecular weight excluding hydrogens is 311 g/mol. The highest BCUT2D eigenvalue weighted by molar-refractivity contribution is 5.79. The summed E-state index contributed by atoms with van der Waals surface area (Å²) in [5.41, 5.74) is 0.305. The molecule has 0 spiro atoms. The van der Waals surface area contributed by atoms with Gasteiger partial charge in [-0.3, -0.25) is 4.79 Å². The van der Waals surface area contributed by atoms with Crippen LogP contribution in [0.4, 0.5) is 13.2 Å². The zero-order chi connectivity index (χ0) is 16.8. The Kier molecular flexibility index (Phi) is 3.46. The number of hydrogen-bond donors (Lipinski definition) is 0. The number of hydrogen-bond acceptors (Lipinski definition) is 4. The Morgan fingerprint density at radius 1 is 1.22 bits per heavy atom. The molecule has 0 aliphatic carbocycles. The largest absolute Gasteiger partial charge is 0.416 e. The van der Waals surface area contributed by atoms with Crippen LogP contribution in [0, 0.1) is 13.8 Å². The maximum absolute atomic E-state index is 12.8. The number of benzene rings is 1. The molecule has 0 saturated heterocycles. The number of rotatable bonds is 2. The predicted octanol–water partition coefficient (Wildman–Crippen LogP) is 3.07. The van der Waals surface area contributed by atoms with Gasteiger partial charge in [0.25, 0.3) is 5.56 Å². The summed E-state index contributed by atoms with van der Waals surface area (Å²) in [7, 11) is 0. The first-order valence-electron chi connectivity index (χ1n) is 6.77. The fourth-order valence-electron chi connectivity index (χ4n) is 2.40. The van der Waals surface area contributed by atoms with Gasteiger partial charge in [0.1, 0.15) is 11.1 Å². The molecule has 23 heavy (non-hydrogen) atoms. The lowest BCUT2D eigenvalue weighted by Crippen LogP contribution is -2.24. The second-order valence-corrected chi connectivity index (χ2v) is 5.22. The molecule has 0 amide bonds. The zero-order valence-corrected chi connectivity index (χ0v) is 12.3. The van der Waals surface area contributed by atoms with E-state index in [1.54, 1.807) is 13.8 Å². The first-order chi connectivity index (χ1) is 10.8. The van der Waals surface area contributed by atoms with Crippen LogP contribution >= 0.6 is 0 Å². The normalized spacial score (nSPS) is 12.0. The van der Waals surface area contributed by atoms with Crippen LogP contribution in [-0.4, -0.2) is 14.9 Å².